The van der Waals surface area contributed by atoms with Crippen LogP contribution in [0.1, 0.15) is 5.69 Å². The number of aromatic amines is 1. The maximum absolute atomic E-state index is 5.95. The van der Waals surface area contributed by atoms with E-state index in [-0.39, 0.29) is 0 Å². The fourth-order valence-electron chi connectivity index (χ4n) is 2.29. The van der Waals surface area contributed by atoms with E-state index in [0.717, 1.165) is 28.1 Å². The third-order valence-electron chi connectivity index (χ3n) is 3.31. The van der Waals surface area contributed by atoms with Crippen molar-refractivity contribution in [1.82, 2.24) is 15.2 Å². The first-order chi connectivity index (χ1) is 10.2. The highest BCUT2D eigenvalue weighted by atomic mass is 35.5. The summed E-state index contributed by atoms with van der Waals surface area (Å²) in [5, 5.41) is 8.13. The molecule has 0 fully saturated rings. The first-order valence-electron chi connectivity index (χ1n) is 6.50. The van der Waals surface area contributed by atoms with Crippen LogP contribution in [0.3, 0.4) is 0 Å². The topological polar surface area (TPSA) is 50.8 Å². The predicted octanol–water partition coefficient (Wildman–Crippen LogP) is 4.11. The molecule has 0 saturated heterocycles. The van der Waals surface area contributed by atoms with Crippen LogP contribution in [0, 0.1) is 6.92 Å². The number of ether oxygens (including phenoxy) is 1. The summed E-state index contributed by atoms with van der Waals surface area (Å²) < 4.78 is 5.19. The molecule has 106 valence electrons. The molecule has 0 aliphatic heterocycles. The Morgan fingerprint density at radius 3 is 2.57 bits per heavy atom. The van der Waals surface area contributed by atoms with E-state index in [2.05, 4.69) is 15.2 Å². The maximum atomic E-state index is 5.95. The van der Waals surface area contributed by atoms with Gasteiger partial charge in [-0.05, 0) is 30.7 Å². The highest BCUT2D eigenvalue weighted by Gasteiger charge is 2.14. The van der Waals surface area contributed by atoms with Crippen LogP contribution in [-0.2, 0) is 0 Å². The molecule has 0 radical (unpaired) electrons. The minimum Gasteiger partial charge on any atom is -0.481 e. The van der Waals surface area contributed by atoms with Crippen LogP contribution in [-0.4, -0.2) is 22.3 Å². The van der Waals surface area contributed by atoms with Crippen molar-refractivity contribution in [3.8, 4) is 28.3 Å². The van der Waals surface area contributed by atoms with E-state index in [1.54, 1.807) is 13.3 Å². The van der Waals surface area contributed by atoms with Gasteiger partial charge in [-0.25, -0.2) is 4.98 Å². The van der Waals surface area contributed by atoms with E-state index < -0.39 is 0 Å². The number of rotatable bonds is 3. The molecule has 0 saturated carbocycles. The van der Waals surface area contributed by atoms with E-state index in [1.165, 1.54) is 0 Å². The third-order valence-corrected chi connectivity index (χ3v) is 3.56. The number of pyridine rings is 1. The molecule has 0 amide bonds. The second kappa shape index (κ2) is 5.58. The molecule has 0 aliphatic rings. The molecule has 0 spiro atoms. The lowest BCUT2D eigenvalue weighted by molar-refractivity contribution is 0.398. The molecule has 3 aromatic rings. The van der Waals surface area contributed by atoms with Gasteiger partial charge in [-0.3, -0.25) is 5.10 Å². The van der Waals surface area contributed by atoms with Crippen molar-refractivity contribution >= 4 is 11.6 Å². The zero-order valence-corrected chi connectivity index (χ0v) is 12.5. The van der Waals surface area contributed by atoms with Crippen LogP contribution in [0.15, 0.2) is 42.6 Å². The first kappa shape index (κ1) is 13.6. The van der Waals surface area contributed by atoms with Crippen molar-refractivity contribution in [3.05, 3.63) is 53.3 Å². The summed E-state index contributed by atoms with van der Waals surface area (Å²) >= 11 is 5.95. The number of aryl methyl sites for hydroxylation is 1. The highest BCUT2D eigenvalue weighted by Crippen LogP contribution is 2.34. The Bertz CT molecular complexity index is 765. The Balaban J connectivity index is 2.14. The van der Waals surface area contributed by atoms with Crippen molar-refractivity contribution in [1.29, 1.82) is 0 Å². The van der Waals surface area contributed by atoms with Crippen molar-refractivity contribution in [2.45, 2.75) is 6.92 Å². The summed E-state index contributed by atoms with van der Waals surface area (Å²) in [6.07, 6.45) is 1.73. The van der Waals surface area contributed by atoms with Crippen LogP contribution in [0.25, 0.3) is 22.4 Å². The van der Waals surface area contributed by atoms with Crippen molar-refractivity contribution in [3.63, 3.8) is 0 Å². The molecule has 4 nitrogen and oxygen atoms in total. The molecule has 0 atom stereocenters. The molecule has 2 heterocycles. The Morgan fingerprint density at radius 2 is 1.86 bits per heavy atom. The van der Waals surface area contributed by atoms with Crippen LogP contribution in [0.5, 0.6) is 5.88 Å². The second-order valence-electron chi connectivity index (χ2n) is 4.65. The number of nitrogens with zero attached hydrogens (tertiary/aromatic N) is 2. The van der Waals surface area contributed by atoms with Crippen molar-refractivity contribution in [2.24, 2.45) is 0 Å². The van der Waals surface area contributed by atoms with E-state index in [4.69, 9.17) is 16.3 Å². The molecule has 1 aromatic carbocycles. The number of nitrogens with one attached hydrogen (secondary N) is 1. The lowest BCUT2D eigenvalue weighted by Crippen LogP contribution is -1.89. The fourth-order valence-corrected chi connectivity index (χ4v) is 2.41. The normalized spacial score (nSPS) is 10.6. The molecule has 0 bridgehead atoms. The van der Waals surface area contributed by atoms with Crippen molar-refractivity contribution in [2.75, 3.05) is 7.11 Å². The molecule has 5 heteroatoms. The number of halogens is 1. The van der Waals surface area contributed by atoms with Crippen LogP contribution in [0.2, 0.25) is 5.02 Å². The minimum atomic E-state index is 0.579. The Hall–Kier alpha value is -2.33. The largest absolute Gasteiger partial charge is 0.481 e. The van der Waals surface area contributed by atoms with Gasteiger partial charge >= 0.3 is 0 Å². The van der Waals surface area contributed by atoms with Gasteiger partial charge in [0.2, 0.25) is 5.88 Å². The minimum absolute atomic E-state index is 0.579. The average molecular weight is 300 g/mol. The molecular formula is C16H14ClN3O. The molecule has 0 unspecified atom stereocenters. The third kappa shape index (κ3) is 2.62. The lowest BCUT2D eigenvalue weighted by atomic mass is 10.0. The Kier molecular flexibility index (Phi) is 3.62. The number of H-pyrrole nitrogens is 1. The van der Waals surface area contributed by atoms with Crippen LogP contribution in [0.4, 0.5) is 0 Å². The fraction of sp³-hybridized carbons (Fsp3) is 0.125. The van der Waals surface area contributed by atoms with Crippen LogP contribution >= 0.6 is 11.6 Å². The number of aromatic nitrogens is 3. The summed E-state index contributed by atoms with van der Waals surface area (Å²) in [7, 11) is 1.61. The van der Waals surface area contributed by atoms with Gasteiger partial charge in [0, 0.05) is 28.4 Å². The number of hydrogen-bond acceptors (Lipinski definition) is 3. The number of hydrogen-bond donors (Lipinski definition) is 1. The van der Waals surface area contributed by atoms with Gasteiger partial charge in [0.25, 0.3) is 0 Å². The van der Waals surface area contributed by atoms with Gasteiger partial charge in [-0.2, -0.15) is 5.10 Å². The summed E-state index contributed by atoms with van der Waals surface area (Å²) in [4.78, 5) is 4.14. The Morgan fingerprint density at radius 1 is 1.10 bits per heavy atom. The molecular weight excluding hydrogens is 286 g/mol. The molecule has 3 rings (SSSR count). The summed E-state index contributed by atoms with van der Waals surface area (Å²) in [5.41, 5.74) is 4.97. The summed E-state index contributed by atoms with van der Waals surface area (Å²) in [6.45, 7) is 1.97. The predicted molar refractivity (Wildman–Crippen MR) is 83.6 cm³/mol. The maximum Gasteiger partial charge on any atom is 0.213 e. The van der Waals surface area contributed by atoms with Gasteiger partial charge in [-0.15, -0.1) is 0 Å². The van der Waals surface area contributed by atoms with Gasteiger partial charge in [0.1, 0.15) is 0 Å². The van der Waals surface area contributed by atoms with Gasteiger partial charge in [0.05, 0.1) is 18.5 Å². The number of benzene rings is 1. The van der Waals surface area contributed by atoms with E-state index in [1.807, 2.05) is 43.3 Å². The number of methoxy groups -OCH3 is 1. The molecule has 21 heavy (non-hydrogen) atoms. The zero-order chi connectivity index (χ0) is 14.8. The van der Waals surface area contributed by atoms with E-state index in [0.29, 0.717) is 10.9 Å². The smallest absolute Gasteiger partial charge is 0.213 e. The first-order valence-corrected chi connectivity index (χ1v) is 6.88. The van der Waals surface area contributed by atoms with Gasteiger partial charge < -0.3 is 4.74 Å². The van der Waals surface area contributed by atoms with Crippen molar-refractivity contribution < 1.29 is 4.74 Å². The SMILES string of the molecule is COc1cc(-c2c(C)n[nH]c2-c2ccc(Cl)cc2)ccn1. The zero-order valence-electron chi connectivity index (χ0n) is 11.7. The standard InChI is InChI=1S/C16H14ClN3O/c1-10-15(12-7-8-18-14(9-12)21-2)16(20-19-10)11-3-5-13(17)6-4-11/h3-9H,1-2H3,(H,19,20). The summed E-state index contributed by atoms with van der Waals surface area (Å²) in [6, 6.07) is 11.5. The monoisotopic (exact) mass is 299 g/mol. The average Bonchev–Trinajstić information content (AvgIpc) is 2.90. The lowest BCUT2D eigenvalue weighted by Gasteiger charge is -2.06. The highest BCUT2D eigenvalue weighted by molar-refractivity contribution is 6.30. The summed E-state index contributed by atoms with van der Waals surface area (Å²) in [5.74, 6) is 0.579. The molecule has 1 N–H and O–H groups in total. The van der Waals surface area contributed by atoms with Crippen LogP contribution < -0.4 is 4.74 Å². The molecule has 0 aliphatic carbocycles. The van der Waals surface area contributed by atoms with E-state index >= 15 is 0 Å². The van der Waals surface area contributed by atoms with E-state index in [9.17, 15) is 0 Å². The van der Waals surface area contributed by atoms with Gasteiger partial charge in [0.15, 0.2) is 0 Å². The quantitative estimate of drug-likeness (QED) is 0.792. The van der Waals surface area contributed by atoms with Gasteiger partial charge in [-0.1, -0.05) is 23.7 Å². The second-order valence-corrected chi connectivity index (χ2v) is 5.09. The Labute approximate surface area is 127 Å². The molecule has 2 aromatic heterocycles.